The molecule has 3 aliphatic rings. The Balaban J connectivity index is 1.12. The van der Waals surface area contributed by atoms with Gasteiger partial charge in [0.2, 0.25) is 5.91 Å². The lowest BCUT2D eigenvalue weighted by Crippen LogP contribution is -2.38. The Kier molecular flexibility index (Phi) is 12.4. The van der Waals surface area contributed by atoms with E-state index in [0.717, 1.165) is 41.6 Å². The third-order valence-electron chi connectivity index (χ3n) is 11.1. The molecule has 1 amide bonds. The third kappa shape index (κ3) is 8.79. The summed E-state index contributed by atoms with van der Waals surface area (Å²) in [6, 6.07) is 37.9. The van der Waals surface area contributed by atoms with E-state index in [0.29, 0.717) is 23.7 Å². The van der Waals surface area contributed by atoms with E-state index in [1.807, 2.05) is 72.8 Å². The van der Waals surface area contributed by atoms with Crippen molar-refractivity contribution in [1.82, 2.24) is 9.65 Å². The second-order valence-electron chi connectivity index (χ2n) is 14.9. The number of pyridine rings is 1. The SMILES string of the molecule is COc1ccc(C(OC[C@H]2O[C@@H](c3ccc(NC(C)=O)nc3)C[C@@H]2O[P@]2O[C@H](CS(=O)(=O)c3ccccc3)[C@@H]3CCCN32)(c2ccccc2)c2ccc(OC)cc2)cc1. The van der Waals surface area contributed by atoms with E-state index >= 15 is 0 Å². The van der Waals surface area contributed by atoms with Gasteiger partial charge in [-0.1, -0.05) is 78.9 Å². The Morgan fingerprint density at radius 1 is 0.847 bits per heavy atom. The zero-order valence-electron chi connectivity index (χ0n) is 33.2. The van der Waals surface area contributed by atoms with E-state index in [-0.39, 0.29) is 29.2 Å². The van der Waals surface area contributed by atoms with Crippen molar-refractivity contribution < 1.29 is 41.2 Å². The molecular weight excluding hydrogens is 790 g/mol. The fraction of sp³-hybridized carbons (Fsp3) is 0.333. The number of aromatic nitrogens is 1. The summed E-state index contributed by atoms with van der Waals surface area (Å²) in [6.45, 7) is 2.30. The number of benzene rings is 4. The van der Waals surface area contributed by atoms with Crippen molar-refractivity contribution in [2.75, 3.05) is 38.4 Å². The Bertz CT molecular complexity index is 2240. The maximum atomic E-state index is 13.6. The van der Waals surface area contributed by atoms with E-state index < -0.39 is 48.4 Å². The van der Waals surface area contributed by atoms with Gasteiger partial charge in [-0.25, -0.2) is 18.1 Å². The van der Waals surface area contributed by atoms with Crippen molar-refractivity contribution in [3.63, 3.8) is 0 Å². The Hall–Kier alpha value is -4.72. The van der Waals surface area contributed by atoms with Crippen molar-refractivity contribution in [3.8, 4) is 11.5 Å². The van der Waals surface area contributed by atoms with Gasteiger partial charge in [-0.15, -0.1) is 0 Å². The van der Waals surface area contributed by atoms with Crippen LogP contribution in [0.25, 0.3) is 0 Å². The Morgan fingerprint density at radius 2 is 1.47 bits per heavy atom. The first kappa shape index (κ1) is 41.0. The summed E-state index contributed by atoms with van der Waals surface area (Å²) in [5.41, 5.74) is 2.39. The second-order valence-corrected chi connectivity index (χ2v) is 18.3. The highest BCUT2D eigenvalue weighted by molar-refractivity contribution is 7.91. The van der Waals surface area contributed by atoms with Crippen LogP contribution in [0.5, 0.6) is 11.5 Å². The van der Waals surface area contributed by atoms with E-state index in [4.69, 9.17) is 28.0 Å². The summed E-state index contributed by atoms with van der Waals surface area (Å²) >= 11 is 0. The number of fused-ring (bicyclic) bond motifs is 1. The molecule has 5 aromatic rings. The van der Waals surface area contributed by atoms with Crippen LogP contribution in [0.15, 0.2) is 132 Å². The topological polar surface area (TPSA) is 135 Å². The molecule has 12 nitrogen and oxygen atoms in total. The molecule has 3 fully saturated rings. The molecule has 1 N–H and O–H groups in total. The predicted octanol–water partition coefficient (Wildman–Crippen LogP) is 7.85. The van der Waals surface area contributed by atoms with E-state index in [1.54, 1.807) is 56.8 Å². The molecule has 3 saturated heterocycles. The van der Waals surface area contributed by atoms with Crippen molar-refractivity contribution in [2.24, 2.45) is 0 Å². The Labute approximate surface area is 346 Å². The number of anilines is 1. The molecule has 14 heteroatoms. The summed E-state index contributed by atoms with van der Waals surface area (Å²) in [4.78, 5) is 16.5. The molecule has 0 radical (unpaired) electrons. The molecule has 0 bridgehead atoms. The lowest BCUT2D eigenvalue weighted by atomic mass is 9.80. The molecule has 1 aromatic heterocycles. The number of hydrogen-bond donors (Lipinski definition) is 1. The molecule has 0 spiro atoms. The number of rotatable bonds is 15. The van der Waals surface area contributed by atoms with Crippen LogP contribution in [0.2, 0.25) is 0 Å². The van der Waals surface area contributed by atoms with Gasteiger partial charge in [-0.2, -0.15) is 0 Å². The molecular formula is C45H48N3O9PS. The number of ether oxygens (including phenoxy) is 4. The van der Waals surface area contributed by atoms with Gasteiger partial charge < -0.3 is 33.3 Å². The summed E-state index contributed by atoms with van der Waals surface area (Å²) in [7, 11) is -1.95. The third-order valence-corrected chi connectivity index (χ3v) is 14.7. The van der Waals surface area contributed by atoms with Crippen LogP contribution in [0.4, 0.5) is 5.82 Å². The van der Waals surface area contributed by atoms with Gasteiger partial charge in [0.15, 0.2) is 9.84 Å². The fourth-order valence-corrected chi connectivity index (χ4v) is 11.8. The first-order valence-corrected chi connectivity index (χ1v) is 22.5. The molecule has 0 aliphatic carbocycles. The van der Waals surface area contributed by atoms with E-state index in [2.05, 4.69) is 27.1 Å². The van der Waals surface area contributed by atoms with Crippen LogP contribution in [0.1, 0.15) is 54.5 Å². The van der Waals surface area contributed by atoms with Gasteiger partial charge in [-0.3, -0.25) is 4.79 Å². The van der Waals surface area contributed by atoms with Crippen LogP contribution in [-0.4, -0.2) is 81.5 Å². The number of carbonyl (C=O) groups is 1. The monoisotopic (exact) mass is 837 g/mol. The number of sulfone groups is 1. The van der Waals surface area contributed by atoms with Crippen molar-refractivity contribution >= 4 is 30.1 Å². The quantitative estimate of drug-likeness (QED) is 0.0817. The lowest BCUT2D eigenvalue weighted by molar-refractivity contribution is -0.114. The standard InChI is InChI=1S/C45H48N3O9PS/c1-31(49)47-44-25-16-32(28-46-44)40-27-41(56-58-48-26-10-15-39(48)43(57-58)30-59(50,51)38-13-8-5-9-14-38)42(55-40)29-54-45(33-11-6-4-7-12-33,34-17-21-36(52-2)22-18-34)35-19-23-37(53-3)24-20-35/h4-9,11-14,16-25,28,39-43H,10,15,26-27,29-30H2,1-3H3,(H,46,47,49)/t39-,40+,41-,42+,43+,58+/m0/s1. The molecule has 4 aromatic carbocycles. The summed E-state index contributed by atoms with van der Waals surface area (Å²) in [5, 5.41) is 2.72. The summed E-state index contributed by atoms with van der Waals surface area (Å²) < 4.78 is 68.2. The largest absolute Gasteiger partial charge is 0.497 e. The van der Waals surface area contributed by atoms with E-state index in [1.165, 1.54) is 6.92 Å². The van der Waals surface area contributed by atoms with Gasteiger partial charge in [-0.05, 0) is 77.6 Å². The minimum absolute atomic E-state index is 0.0752. The van der Waals surface area contributed by atoms with Gasteiger partial charge in [0, 0.05) is 32.1 Å². The number of hydrogen-bond acceptors (Lipinski definition) is 11. The van der Waals surface area contributed by atoms with Crippen molar-refractivity contribution in [3.05, 3.63) is 150 Å². The van der Waals surface area contributed by atoms with Crippen molar-refractivity contribution in [1.29, 1.82) is 0 Å². The molecule has 0 saturated carbocycles. The highest BCUT2D eigenvalue weighted by atomic mass is 32.2. The zero-order chi connectivity index (χ0) is 41.0. The average Bonchev–Trinajstić information content (AvgIpc) is 3.99. The Morgan fingerprint density at radius 3 is 2.07 bits per heavy atom. The van der Waals surface area contributed by atoms with Gasteiger partial charge in [0.25, 0.3) is 8.53 Å². The molecule has 0 unspecified atom stereocenters. The molecule has 308 valence electrons. The molecule has 8 rings (SSSR count). The first-order valence-electron chi connectivity index (χ1n) is 19.7. The zero-order valence-corrected chi connectivity index (χ0v) is 34.9. The normalized spacial score (nSPS) is 23.2. The number of methoxy groups -OCH3 is 2. The lowest BCUT2D eigenvalue weighted by Gasteiger charge is -2.37. The maximum absolute atomic E-state index is 13.6. The highest BCUT2D eigenvalue weighted by Gasteiger charge is 2.51. The van der Waals surface area contributed by atoms with Crippen LogP contribution in [-0.2, 0) is 38.8 Å². The van der Waals surface area contributed by atoms with Crippen LogP contribution < -0.4 is 14.8 Å². The molecule has 59 heavy (non-hydrogen) atoms. The minimum Gasteiger partial charge on any atom is -0.497 e. The molecule has 3 aliphatic heterocycles. The first-order chi connectivity index (χ1) is 28.7. The molecule has 6 atom stereocenters. The van der Waals surface area contributed by atoms with Crippen LogP contribution in [0.3, 0.4) is 0 Å². The van der Waals surface area contributed by atoms with E-state index in [9.17, 15) is 13.2 Å². The summed E-state index contributed by atoms with van der Waals surface area (Å²) in [6.07, 6.45) is 1.89. The number of amides is 1. The summed E-state index contributed by atoms with van der Waals surface area (Å²) in [5.74, 6) is 1.53. The van der Waals surface area contributed by atoms with Crippen LogP contribution in [0, 0.1) is 0 Å². The predicted molar refractivity (Wildman–Crippen MR) is 224 cm³/mol. The van der Waals surface area contributed by atoms with Gasteiger partial charge in [0.1, 0.15) is 29.0 Å². The van der Waals surface area contributed by atoms with Gasteiger partial charge >= 0.3 is 0 Å². The average molecular weight is 838 g/mol. The van der Waals surface area contributed by atoms with Gasteiger partial charge in [0.05, 0.1) is 49.8 Å². The smallest absolute Gasteiger partial charge is 0.259 e. The molecule has 4 heterocycles. The number of nitrogens with zero attached hydrogens (tertiary/aromatic N) is 2. The highest BCUT2D eigenvalue weighted by Crippen LogP contribution is 2.58. The fourth-order valence-electron chi connectivity index (χ4n) is 8.21. The number of nitrogens with one attached hydrogen (secondary N) is 1. The van der Waals surface area contributed by atoms with Crippen molar-refractivity contribution in [2.45, 2.75) is 67.1 Å². The van der Waals surface area contributed by atoms with Crippen LogP contribution >= 0.6 is 8.53 Å². The minimum atomic E-state index is -3.60. The maximum Gasteiger partial charge on any atom is 0.259 e. The second kappa shape index (κ2) is 17.9. The number of carbonyl (C=O) groups excluding carboxylic acids is 1.